The Labute approximate surface area is 119 Å². The third kappa shape index (κ3) is 2.93. The molecule has 2 heterocycles. The lowest BCUT2D eigenvalue weighted by atomic mass is 10.1. The molecule has 0 saturated heterocycles. The summed E-state index contributed by atoms with van der Waals surface area (Å²) in [5.74, 6) is 1.24. The smallest absolute Gasteiger partial charge is 0.235 e. The fraction of sp³-hybridized carbons (Fsp3) is 0.143. The predicted octanol–water partition coefficient (Wildman–Crippen LogP) is 3.70. The van der Waals surface area contributed by atoms with Gasteiger partial charge in [0.1, 0.15) is 5.75 Å². The molecular weight excluding hydrogens is 308 g/mol. The van der Waals surface area contributed by atoms with Crippen LogP contribution in [0.4, 0.5) is 0 Å². The summed E-state index contributed by atoms with van der Waals surface area (Å²) in [7, 11) is 0. The number of hydrogen-bond donors (Lipinski definition) is 0. The number of halogens is 1. The monoisotopic (exact) mass is 318 g/mol. The quantitative estimate of drug-likeness (QED) is 0.848. The molecule has 3 rings (SSSR count). The zero-order valence-electron chi connectivity index (χ0n) is 9.99. The van der Waals surface area contributed by atoms with Crippen molar-refractivity contribution in [2.45, 2.75) is 12.5 Å². The van der Waals surface area contributed by atoms with Crippen LogP contribution in [0.3, 0.4) is 0 Å². The predicted molar refractivity (Wildman–Crippen MR) is 74.9 cm³/mol. The molecule has 1 aromatic heterocycles. The van der Waals surface area contributed by atoms with Crippen molar-refractivity contribution in [3.63, 3.8) is 0 Å². The van der Waals surface area contributed by atoms with Crippen LogP contribution in [0, 0.1) is 0 Å². The van der Waals surface area contributed by atoms with E-state index in [2.05, 4.69) is 26.1 Å². The molecule has 5 heteroatoms. The molecule has 4 nitrogen and oxygen atoms in total. The topological polar surface area (TPSA) is 43.7 Å². The zero-order chi connectivity index (χ0) is 13.1. The summed E-state index contributed by atoms with van der Waals surface area (Å²) >= 11 is 3.41. The molecule has 0 fully saturated rings. The second kappa shape index (κ2) is 5.40. The molecule has 96 valence electrons. The molecule has 1 aliphatic rings. The van der Waals surface area contributed by atoms with Crippen LogP contribution in [0.15, 0.2) is 58.4 Å². The minimum absolute atomic E-state index is 0.0835. The first kappa shape index (κ1) is 12.2. The first-order valence-corrected chi connectivity index (χ1v) is 6.66. The Bertz CT molecular complexity index is 584. The van der Waals surface area contributed by atoms with Gasteiger partial charge in [-0.1, -0.05) is 33.2 Å². The van der Waals surface area contributed by atoms with Gasteiger partial charge in [0, 0.05) is 10.7 Å². The number of pyridine rings is 1. The highest BCUT2D eigenvalue weighted by atomic mass is 79.9. The van der Waals surface area contributed by atoms with Crippen LogP contribution in [0.2, 0.25) is 0 Å². The van der Waals surface area contributed by atoms with E-state index in [1.165, 1.54) is 0 Å². The van der Waals surface area contributed by atoms with Gasteiger partial charge in [-0.2, -0.15) is 0 Å². The van der Waals surface area contributed by atoms with E-state index >= 15 is 0 Å². The second-order valence-corrected chi connectivity index (χ2v) is 5.04. The maximum atomic E-state index is 5.60. The van der Waals surface area contributed by atoms with E-state index in [9.17, 15) is 0 Å². The van der Waals surface area contributed by atoms with Gasteiger partial charge in [-0.25, -0.2) is 0 Å². The van der Waals surface area contributed by atoms with Crippen molar-refractivity contribution in [3.05, 3.63) is 58.8 Å². The van der Waals surface area contributed by atoms with Gasteiger partial charge in [-0.3, -0.25) is 4.98 Å². The van der Waals surface area contributed by atoms with Crippen LogP contribution in [-0.2, 0) is 4.84 Å². The maximum absolute atomic E-state index is 5.60. The van der Waals surface area contributed by atoms with Crippen molar-refractivity contribution in [1.29, 1.82) is 0 Å². The number of oxime groups is 1. The van der Waals surface area contributed by atoms with Crippen molar-refractivity contribution in [2.24, 2.45) is 5.16 Å². The van der Waals surface area contributed by atoms with E-state index < -0.39 is 0 Å². The Morgan fingerprint density at radius 2 is 2.05 bits per heavy atom. The molecule has 0 aliphatic carbocycles. The fourth-order valence-electron chi connectivity index (χ4n) is 1.82. The molecule has 19 heavy (non-hydrogen) atoms. The molecule has 0 saturated carbocycles. The summed E-state index contributed by atoms with van der Waals surface area (Å²) in [6, 6.07) is 11.6. The molecule has 0 radical (unpaired) electrons. The van der Waals surface area contributed by atoms with E-state index in [4.69, 9.17) is 9.57 Å². The molecule has 0 bridgehead atoms. The van der Waals surface area contributed by atoms with Crippen molar-refractivity contribution in [1.82, 2.24) is 4.98 Å². The number of ether oxygens (including phenoxy) is 1. The Hall–Kier alpha value is -1.88. The highest BCUT2D eigenvalue weighted by Gasteiger charge is 2.24. The van der Waals surface area contributed by atoms with Crippen LogP contribution in [0.25, 0.3) is 0 Å². The molecule has 0 spiro atoms. The highest BCUT2D eigenvalue weighted by molar-refractivity contribution is 9.10. The van der Waals surface area contributed by atoms with E-state index in [1.807, 2.05) is 36.4 Å². The summed E-state index contributed by atoms with van der Waals surface area (Å²) in [6.45, 7) is 0. The van der Waals surface area contributed by atoms with Gasteiger partial charge in [0.15, 0.2) is 6.10 Å². The second-order valence-electron chi connectivity index (χ2n) is 4.13. The van der Waals surface area contributed by atoms with Crippen LogP contribution < -0.4 is 4.74 Å². The Morgan fingerprint density at radius 3 is 2.79 bits per heavy atom. The van der Waals surface area contributed by atoms with Gasteiger partial charge in [0.25, 0.3) is 0 Å². The highest BCUT2D eigenvalue weighted by Crippen LogP contribution is 2.28. The van der Waals surface area contributed by atoms with Crippen LogP contribution in [0.1, 0.15) is 18.1 Å². The van der Waals surface area contributed by atoms with E-state index in [-0.39, 0.29) is 6.10 Å². The first-order valence-electron chi connectivity index (χ1n) is 5.87. The third-order valence-electron chi connectivity index (χ3n) is 2.75. The minimum Gasteiger partial charge on any atom is -0.438 e. The number of hydrogen-bond acceptors (Lipinski definition) is 4. The molecule has 1 aromatic carbocycles. The van der Waals surface area contributed by atoms with Crippen molar-refractivity contribution >= 4 is 21.8 Å². The lowest BCUT2D eigenvalue weighted by Crippen LogP contribution is -2.07. The Balaban J connectivity index is 1.65. The van der Waals surface area contributed by atoms with Crippen LogP contribution in [0.5, 0.6) is 5.75 Å². The summed E-state index contributed by atoms with van der Waals surface area (Å²) in [4.78, 5) is 9.38. The lowest BCUT2D eigenvalue weighted by Gasteiger charge is -2.07. The molecule has 2 aromatic rings. The number of rotatable bonds is 2. The van der Waals surface area contributed by atoms with Gasteiger partial charge in [0.2, 0.25) is 5.90 Å². The first-order chi connectivity index (χ1) is 9.31. The number of benzene rings is 1. The van der Waals surface area contributed by atoms with Crippen molar-refractivity contribution < 1.29 is 9.57 Å². The minimum atomic E-state index is -0.0835. The summed E-state index contributed by atoms with van der Waals surface area (Å²) < 4.78 is 6.65. The SMILES string of the molecule is Brc1ccc([C@H]2CC(Oc3cccnc3)=NO2)cc1. The molecule has 0 unspecified atom stereocenters. The standard InChI is InChI=1S/C14H11BrN2O2/c15-11-5-3-10(4-6-11)13-8-14(17-19-13)18-12-2-1-7-16-9-12/h1-7,9,13H,8H2/t13-/m1/s1. The van der Waals surface area contributed by atoms with Gasteiger partial charge in [-0.15, -0.1) is 0 Å². The van der Waals surface area contributed by atoms with Gasteiger partial charge in [0.05, 0.1) is 12.6 Å². The number of nitrogens with zero attached hydrogens (tertiary/aromatic N) is 2. The van der Waals surface area contributed by atoms with Crippen LogP contribution >= 0.6 is 15.9 Å². The van der Waals surface area contributed by atoms with Crippen molar-refractivity contribution in [2.75, 3.05) is 0 Å². The largest absolute Gasteiger partial charge is 0.438 e. The molecule has 0 amide bonds. The van der Waals surface area contributed by atoms with E-state index in [0.717, 1.165) is 10.0 Å². The van der Waals surface area contributed by atoms with Crippen LogP contribution in [-0.4, -0.2) is 10.9 Å². The van der Waals surface area contributed by atoms with E-state index in [1.54, 1.807) is 12.4 Å². The summed E-state index contributed by atoms with van der Waals surface area (Å²) in [6.07, 6.45) is 3.89. The maximum Gasteiger partial charge on any atom is 0.235 e. The zero-order valence-corrected chi connectivity index (χ0v) is 11.6. The average molecular weight is 319 g/mol. The number of aromatic nitrogens is 1. The summed E-state index contributed by atoms with van der Waals surface area (Å²) in [5.41, 5.74) is 1.08. The van der Waals surface area contributed by atoms with E-state index in [0.29, 0.717) is 18.1 Å². The van der Waals surface area contributed by atoms with Gasteiger partial charge < -0.3 is 9.57 Å². The molecule has 0 N–H and O–H groups in total. The average Bonchev–Trinajstić information content (AvgIpc) is 2.89. The normalized spacial score (nSPS) is 17.7. The Morgan fingerprint density at radius 1 is 1.21 bits per heavy atom. The van der Waals surface area contributed by atoms with Gasteiger partial charge in [-0.05, 0) is 29.8 Å². The third-order valence-corrected chi connectivity index (χ3v) is 3.28. The van der Waals surface area contributed by atoms with Gasteiger partial charge >= 0.3 is 0 Å². The Kier molecular flexibility index (Phi) is 3.46. The molecule has 1 aliphatic heterocycles. The molecular formula is C14H11BrN2O2. The van der Waals surface area contributed by atoms with Crippen molar-refractivity contribution in [3.8, 4) is 5.75 Å². The fourth-order valence-corrected chi connectivity index (χ4v) is 2.08. The lowest BCUT2D eigenvalue weighted by molar-refractivity contribution is 0.0855. The summed E-state index contributed by atoms with van der Waals surface area (Å²) in [5, 5.41) is 3.97. The molecule has 1 atom stereocenters.